The number of likely N-dealkylation sites (tertiary alicyclic amines) is 1. The van der Waals surface area contributed by atoms with Gasteiger partial charge in [-0.3, -0.25) is 4.79 Å². The van der Waals surface area contributed by atoms with Gasteiger partial charge in [0.05, 0.1) is 5.41 Å². The number of rotatable bonds is 2. The highest BCUT2D eigenvalue weighted by Gasteiger charge is 2.41. The number of hydrogen-bond acceptors (Lipinski definition) is 2. The van der Waals surface area contributed by atoms with Crippen LogP contribution in [0.1, 0.15) is 20.3 Å². The van der Waals surface area contributed by atoms with E-state index in [-0.39, 0.29) is 11.9 Å². The smallest absolute Gasteiger partial charge is 0.319 e. The largest absolute Gasteiger partial charge is 0.369 e. The summed E-state index contributed by atoms with van der Waals surface area (Å²) in [6, 6.07) is -0.0255. The van der Waals surface area contributed by atoms with E-state index in [9.17, 15) is 9.59 Å². The first-order valence-corrected chi connectivity index (χ1v) is 5.20. The van der Waals surface area contributed by atoms with Crippen molar-refractivity contribution in [2.75, 3.05) is 26.7 Å². The summed E-state index contributed by atoms with van der Waals surface area (Å²) in [6.07, 6.45) is 0.658. The van der Waals surface area contributed by atoms with Gasteiger partial charge in [-0.2, -0.15) is 0 Å². The van der Waals surface area contributed by atoms with E-state index < -0.39 is 5.41 Å². The van der Waals surface area contributed by atoms with E-state index in [1.807, 2.05) is 13.8 Å². The van der Waals surface area contributed by atoms with E-state index in [1.54, 1.807) is 16.8 Å². The molecule has 0 bridgehead atoms. The number of nitrogens with zero attached hydrogens (tertiary/aromatic N) is 2. The Kier molecular flexibility index (Phi) is 3.21. The van der Waals surface area contributed by atoms with Gasteiger partial charge >= 0.3 is 6.03 Å². The third-order valence-electron chi connectivity index (χ3n) is 3.14. The van der Waals surface area contributed by atoms with Crippen molar-refractivity contribution in [1.82, 2.24) is 9.80 Å². The quantitative estimate of drug-likeness (QED) is 0.714. The minimum absolute atomic E-state index is 0.0255. The lowest BCUT2D eigenvalue weighted by Crippen LogP contribution is -2.43. The second kappa shape index (κ2) is 4.08. The van der Waals surface area contributed by atoms with Gasteiger partial charge in [-0.25, -0.2) is 4.79 Å². The van der Waals surface area contributed by atoms with Crippen molar-refractivity contribution in [2.24, 2.45) is 11.1 Å². The zero-order valence-electron chi connectivity index (χ0n) is 9.62. The predicted octanol–water partition coefficient (Wildman–Crippen LogP) is 0.255. The summed E-state index contributed by atoms with van der Waals surface area (Å²) in [5.41, 5.74) is 4.76. The van der Waals surface area contributed by atoms with Gasteiger partial charge in [0.15, 0.2) is 0 Å². The molecule has 5 heteroatoms. The van der Waals surface area contributed by atoms with Crippen molar-refractivity contribution in [3.63, 3.8) is 0 Å². The molecular weight excluding hydrogens is 194 g/mol. The Morgan fingerprint density at radius 3 is 2.53 bits per heavy atom. The minimum atomic E-state index is -0.551. The van der Waals surface area contributed by atoms with Crippen LogP contribution in [-0.4, -0.2) is 48.4 Å². The van der Waals surface area contributed by atoms with Gasteiger partial charge in [0.2, 0.25) is 5.91 Å². The predicted molar refractivity (Wildman–Crippen MR) is 57.2 cm³/mol. The molecule has 0 saturated carbocycles. The Labute approximate surface area is 90.2 Å². The number of urea groups is 1. The van der Waals surface area contributed by atoms with Crippen LogP contribution in [0.4, 0.5) is 4.79 Å². The molecule has 1 unspecified atom stereocenters. The average Bonchev–Trinajstić information content (AvgIpc) is 2.60. The molecule has 15 heavy (non-hydrogen) atoms. The maximum atomic E-state index is 11.8. The van der Waals surface area contributed by atoms with Gasteiger partial charge < -0.3 is 15.5 Å². The second-order valence-corrected chi connectivity index (χ2v) is 4.39. The molecule has 0 radical (unpaired) electrons. The van der Waals surface area contributed by atoms with Gasteiger partial charge in [-0.1, -0.05) is 0 Å². The normalized spacial score (nSPS) is 25.4. The van der Waals surface area contributed by atoms with Gasteiger partial charge in [-0.05, 0) is 20.3 Å². The number of carbonyl (C=O) groups excluding carboxylic acids is 2. The van der Waals surface area contributed by atoms with Crippen LogP contribution in [0.15, 0.2) is 0 Å². The topological polar surface area (TPSA) is 66.6 Å². The summed E-state index contributed by atoms with van der Waals surface area (Å²) >= 11 is 0. The van der Waals surface area contributed by atoms with Crippen molar-refractivity contribution in [3.8, 4) is 0 Å². The number of hydrogen-bond donors (Lipinski definition) is 1. The van der Waals surface area contributed by atoms with E-state index in [1.165, 1.54) is 0 Å². The van der Waals surface area contributed by atoms with Crippen LogP contribution >= 0.6 is 0 Å². The molecule has 1 atom stereocenters. The van der Waals surface area contributed by atoms with Crippen LogP contribution in [0.3, 0.4) is 0 Å². The second-order valence-electron chi connectivity index (χ2n) is 4.39. The standard InChI is InChI=1S/C10H19N3O2/c1-4-12(3)9(15)13-6-5-10(2,7-13)8(11)14/h4-7H2,1-3H3,(H2,11,14). The maximum Gasteiger partial charge on any atom is 0.319 e. The van der Waals surface area contributed by atoms with E-state index in [0.29, 0.717) is 26.1 Å². The highest BCUT2D eigenvalue weighted by atomic mass is 16.2. The molecule has 86 valence electrons. The lowest BCUT2D eigenvalue weighted by atomic mass is 9.89. The number of amides is 3. The van der Waals surface area contributed by atoms with Crippen LogP contribution in [-0.2, 0) is 4.79 Å². The first kappa shape index (κ1) is 11.8. The lowest BCUT2D eigenvalue weighted by Gasteiger charge is -2.25. The summed E-state index contributed by atoms with van der Waals surface area (Å²) in [6.45, 7) is 5.45. The van der Waals surface area contributed by atoms with Crippen LogP contribution in [0.2, 0.25) is 0 Å². The molecule has 0 aromatic heterocycles. The summed E-state index contributed by atoms with van der Waals surface area (Å²) < 4.78 is 0. The zero-order chi connectivity index (χ0) is 11.6. The molecule has 0 aromatic carbocycles. The third kappa shape index (κ3) is 2.22. The van der Waals surface area contributed by atoms with Crippen molar-refractivity contribution in [3.05, 3.63) is 0 Å². The van der Waals surface area contributed by atoms with E-state index in [0.717, 1.165) is 0 Å². The first-order chi connectivity index (χ1) is 6.90. The minimum Gasteiger partial charge on any atom is -0.369 e. The van der Waals surface area contributed by atoms with Crippen LogP contribution in [0, 0.1) is 5.41 Å². The van der Waals surface area contributed by atoms with Crippen molar-refractivity contribution >= 4 is 11.9 Å². The fourth-order valence-corrected chi connectivity index (χ4v) is 1.70. The molecule has 1 fully saturated rings. The molecule has 1 aliphatic rings. The van der Waals surface area contributed by atoms with Crippen molar-refractivity contribution in [2.45, 2.75) is 20.3 Å². The Morgan fingerprint density at radius 2 is 2.13 bits per heavy atom. The summed E-state index contributed by atoms with van der Waals surface area (Å²) in [4.78, 5) is 26.3. The lowest BCUT2D eigenvalue weighted by molar-refractivity contribution is -0.126. The van der Waals surface area contributed by atoms with Gasteiger partial charge in [-0.15, -0.1) is 0 Å². The van der Waals surface area contributed by atoms with Gasteiger partial charge in [0.1, 0.15) is 0 Å². The third-order valence-corrected chi connectivity index (χ3v) is 3.14. The molecular formula is C10H19N3O2. The molecule has 1 aliphatic heterocycles. The average molecular weight is 213 g/mol. The zero-order valence-corrected chi connectivity index (χ0v) is 9.62. The van der Waals surface area contributed by atoms with E-state index >= 15 is 0 Å². The van der Waals surface area contributed by atoms with Crippen molar-refractivity contribution in [1.29, 1.82) is 0 Å². The molecule has 1 heterocycles. The number of nitrogens with two attached hydrogens (primary N) is 1. The summed E-state index contributed by atoms with van der Waals surface area (Å²) in [5, 5.41) is 0. The Morgan fingerprint density at radius 1 is 1.53 bits per heavy atom. The molecule has 2 N–H and O–H groups in total. The molecule has 0 spiro atoms. The highest BCUT2D eigenvalue weighted by Crippen LogP contribution is 2.29. The van der Waals surface area contributed by atoms with Crippen LogP contribution in [0.25, 0.3) is 0 Å². The molecule has 0 aromatic rings. The fourth-order valence-electron chi connectivity index (χ4n) is 1.70. The van der Waals surface area contributed by atoms with Crippen LogP contribution in [0.5, 0.6) is 0 Å². The molecule has 5 nitrogen and oxygen atoms in total. The Hall–Kier alpha value is -1.26. The van der Waals surface area contributed by atoms with Gasteiger partial charge in [0.25, 0.3) is 0 Å². The maximum absolute atomic E-state index is 11.8. The monoisotopic (exact) mass is 213 g/mol. The van der Waals surface area contributed by atoms with Gasteiger partial charge in [0, 0.05) is 26.7 Å². The fraction of sp³-hybridized carbons (Fsp3) is 0.800. The molecule has 0 aliphatic carbocycles. The molecule has 1 saturated heterocycles. The number of primary amides is 1. The first-order valence-electron chi connectivity index (χ1n) is 5.20. The van der Waals surface area contributed by atoms with Crippen molar-refractivity contribution < 1.29 is 9.59 Å². The molecule has 1 rings (SSSR count). The van der Waals surface area contributed by atoms with E-state index in [4.69, 9.17) is 5.73 Å². The summed E-state index contributed by atoms with van der Waals surface area (Å²) in [7, 11) is 1.75. The Balaban J connectivity index is 2.64. The van der Waals surface area contributed by atoms with E-state index in [2.05, 4.69) is 0 Å². The number of carbonyl (C=O) groups is 2. The SMILES string of the molecule is CCN(C)C(=O)N1CCC(C)(C(N)=O)C1. The highest BCUT2D eigenvalue weighted by molar-refractivity contribution is 5.83. The Bertz CT molecular complexity index is 280. The summed E-state index contributed by atoms with van der Waals surface area (Å²) in [5.74, 6) is -0.322. The van der Waals surface area contributed by atoms with Crippen LogP contribution < -0.4 is 5.73 Å². The molecule has 3 amide bonds.